The van der Waals surface area contributed by atoms with Gasteiger partial charge in [0.25, 0.3) is 0 Å². The number of hydrogen-bond acceptors (Lipinski definition) is 5. The van der Waals surface area contributed by atoms with Gasteiger partial charge in [-0.05, 0) is 40.2 Å². The van der Waals surface area contributed by atoms with E-state index in [1.807, 2.05) is 58.0 Å². The van der Waals surface area contributed by atoms with E-state index in [-0.39, 0.29) is 12.1 Å². The summed E-state index contributed by atoms with van der Waals surface area (Å²) in [5.74, 6) is -0.972. The second kappa shape index (κ2) is 7.64. The van der Waals surface area contributed by atoms with E-state index in [0.717, 1.165) is 5.56 Å². The van der Waals surface area contributed by atoms with Crippen LogP contribution in [0, 0.1) is 5.41 Å². The maximum Gasteiger partial charge on any atom is 0.314 e. The van der Waals surface area contributed by atoms with Crippen molar-refractivity contribution >= 4 is 5.97 Å². The Bertz CT molecular complexity index is 538. The number of benzene rings is 1. The molecule has 24 heavy (non-hydrogen) atoms. The van der Waals surface area contributed by atoms with E-state index in [2.05, 4.69) is 0 Å². The second-order valence-electron chi connectivity index (χ2n) is 7.03. The number of rotatable bonds is 7. The number of ether oxygens (including phenoxy) is 4. The minimum absolute atomic E-state index is 0.295. The smallest absolute Gasteiger partial charge is 0.314 e. The summed E-state index contributed by atoms with van der Waals surface area (Å²) in [6, 6.07) is 9.86. The summed E-state index contributed by atoms with van der Waals surface area (Å²) in [4.78, 5) is 12.4. The molecule has 1 aliphatic rings. The molecule has 0 aromatic heterocycles. The molecular formula is C19H28O5. The molecule has 0 bridgehead atoms. The van der Waals surface area contributed by atoms with Gasteiger partial charge in [-0.25, -0.2) is 0 Å². The fourth-order valence-electron chi connectivity index (χ4n) is 2.84. The van der Waals surface area contributed by atoms with E-state index in [0.29, 0.717) is 19.8 Å². The highest BCUT2D eigenvalue weighted by Gasteiger charge is 2.48. The first-order valence-electron chi connectivity index (χ1n) is 8.41. The Morgan fingerprint density at radius 1 is 1.33 bits per heavy atom. The third-order valence-corrected chi connectivity index (χ3v) is 4.15. The molecule has 0 saturated carbocycles. The molecule has 2 rings (SSSR count). The molecule has 1 aromatic rings. The average molecular weight is 336 g/mol. The van der Waals surface area contributed by atoms with Crippen LogP contribution in [-0.2, 0) is 30.3 Å². The first kappa shape index (κ1) is 18.9. The van der Waals surface area contributed by atoms with Crippen molar-refractivity contribution in [2.75, 3.05) is 13.2 Å². The minimum Gasteiger partial charge on any atom is -0.466 e. The lowest BCUT2D eigenvalue weighted by Gasteiger charge is -2.35. The van der Waals surface area contributed by atoms with Crippen LogP contribution in [0.2, 0.25) is 0 Å². The van der Waals surface area contributed by atoms with E-state index in [1.165, 1.54) is 0 Å². The lowest BCUT2D eigenvalue weighted by molar-refractivity contribution is -0.188. The first-order chi connectivity index (χ1) is 11.3. The van der Waals surface area contributed by atoms with Crippen LogP contribution < -0.4 is 0 Å². The molecule has 5 nitrogen and oxygen atoms in total. The normalized spacial score (nSPS) is 21.5. The van der Waals surface area contributed by atoms with E-state index < -0.39 is 17.3 Å². The van der Waals surface area contributed by atoms with Crippen molar-refractivity contribution in [2.45, 2.75) is 59.2 Å². The largest absolute Gasteiger partial charge is 0.466 e. The van der Waals surface area contributed by atoms with Gasteiger partial charge in [0.2, 0.25) is 0 Å². The maximum absolute atomic E-state index is 12.4. The van der Waals surface area contributed by atoms with Crippen LogP contribution in [0.15, 0.2) is 30.3 Å². The predicted molar refractivity (Wildman–Crippen MR) is 90.3 cm³/mol. The standard InChI is InChI=1S/C19H28O5/c1-6-21-17(20)18(2,3)16(15-13-23-19(4,5)24-15)22-12-14-10-8-7-9-11-14/h7-11,15-16H,6,12-13H2,1-5H3/t15-,16-/m1/s1. The van der Waals surface area contributed by atoms with Crippen LogP contribution >= 0.6 is 0 Å². The summed E-state index contributed by atoms with van der Waals surface area (Å²) in [5, 5.41) is 0. The summed E-state index contributed by atoms with van der Waals surface area (Å²) in [6.07, 6.45) is -0.804. The predicted octanol–water partition coefficient (Wildman–Crippen LogP) is 3.31. The van der Waals surface area contributed by atoms with Crippen molar-refractivity contribution in [2.24, 2.45) is 5.41 Å². The number of esters is 1. The van der Waals surface area contributed by atoms with Crippen LogP contribution in [0.3, 0.4) is 0 Å². The van der Waals surface area contributed by atoms with Crippen molar-refractivity contribution in [3.05, 3.63) is 35.9 Å². The second-order valence-corrected chi connectivity index (χ2v) is 7.03. The molecular weight excluding hydrogens is 308 g/mol. The molecule has 1 saturated heterocycles. The maximum atomic E-state index is 12.4. The Morgan fingerprint density at radius 2 is 2.00 bits per heavy atom. The SMILES string of the molecule is CCOC(=O)C(C)(C)[C@H](OCc1ccccc1)[C@H]1COC(C)(C)O1. The zero-order chi connectivity index (χ0) is 17.8. The Labute approximate surface area is 144 Å². The van der Waals surface area contributed by atoms with Gasteiger partial charge in [-0.2, -0.15) is 0 Å². The third kappa shape index (κ3) is 4.56. The van der Waals surface area contributed by atoms with Gasteiger partial charge in [0.15, 0.2) is 5.79 Å². The third-order valence-electron chi connectivity index (χ3n) is 4.15. The fraction of sp³-hybridized carbons (Fsp3) is 0.632. The number of carbonyl (C=O) groups excluding carboxylic acids is 1. The molecule has 1 aliphatic heterocycles. The van der Waals surface area contributed by atoms with Crippen molar-refractivity contribution in [1.82, 2.24) is 0 Å². The average Bonchev–Trinajstić information content (AvgIpc) is 2.88. The minimum atomic E-state index is -0.848. The molecule has 0 amide bonds. The summed E-state index contributed by atoms with van der Waals surface area (Å²) in [5.41, 5.74) is 0.194. The van der Waals surface area contributed by atoms with Gasteiger partial charge >= 0.3 is 5.97 Å². The van der Waals surface area contributed by atoms with Crippen LogP contribution in [0.4, 0.5) is 0 Å². The molecule has 0 spiro atoms. The number of hydrogen-bond donors (Lipinski definition) is 0. The lowest BCUT2D eigenvalue weighted by Crippen LogP contribution is -2.48. The highest BCUT2D eigenvalue weighted by Crippen LogP contribution is 2.35. The van der Waals surface area contributed by atoms with E-state index in [1.54, 1.807) is 6.92 Å². The highest BCUT2D eigenvalue weighted by molar-refractivity contribution is 5.76. The van der Waals surface area contributed by atoms with Gasteiger partial charge in [-0.3, -0.25) is 4.79 Å². The van der Waals surface area contributed by atoms with E-state index in [9.17, 15) is 4.79 Å². The summed E-state index contributed by atoms with van der Waals surface area (Å²) in [6.45, 7) is 10.3. The van der Waals surface area contributed by atoms with Crippen molar-refractivity contribution in [3.63, 3.8) is 0 Å². The fourth-order valence-corrected chi connectivity index (χ4v) is 2.84. The van der Waals surface area contributed by atoms with Crippen molar-refractivity contribution < 1.29 is 23.7 Å². The Kier molecular flexibility index (Phi) is 6.01. The topological polar surface area (TPSA) is 54.0 Å². The highest BCUT2D eigenvalue weighted by atomic mass is 16.7. The Hall–Kier alpha value is -1.43. The monoisotopic (exact) mass is 336 g/mol. The summed E-state index contributed by atoms with van der Waals surface area (Å²) in [7, 11) is 0. The first-order valence-corrected chi connectivity index (χ1v) is 8.41. The molecule has 1 heterocycles. The number of carbonyl (C=O) groups is 1. The van der Waals surface area contributed by atoms with Crippen LogP contribution in [0.25, 0.3) is 0 Å². The quantitative estimate of drug-likeness (QED) is 0.715. The van der Waals surface area contributed by atoms with Gasteiger partial charge in [0.05, 0.1) is 25.2 Å². The van der Waals surface area contributed by atoms with Crippen LogP contribution in [0.1, 0.15) is 40.2 Å². The van der Waals surface area contributed by atoms with Gasteiger partial charge in [0, 0.05) is 0 Å². The Morgan fingerprint density at radius 3 is 2.54 bits per heavy atom. The zero-order valence-electron chi connectivity index (χ0n) is 15.2. The summed E-state index contributed by atoms with van der Waals surface area (Å²) < 4.78 is 23.0. The van der Waals surface area contributed by atoms with E-state index in [4.69, 9.17) is 18.9 Å². The molecule has 0 unspecified atom stereocenters. The molecule has 1 aromatic carbocycles. The zero-order valence-corrected chi connectivity index (χ0v) is 15.2. The Balaban J connectivity index is 2.16. The van der Waals surface area contributed by atoms with Crippen LogP contribution in [-0.4, -0.2) is 37.2 Å². The van der Waals surface area contributed by atoms with Gasteiger partial charge in [0.1, 0.15) is 12.2 Å². The molecule has 0 N–H and O–H groups in total. The van der Waals surface area contributed by atoms with Crippen LogP contribution in [0.5, 0.6) is 0 Å². The lowest BCUT2D eigenvalue weighted by atomic mass is 9.83. The molecule has 2 atom stereocenters. The van der Waals surface area contributed by atoms with E-state index >= 15 is 0 Å². The van der Waals surface area contributed by atoms with Crippen molar-refractivity contribution in [3.8, 4) is 0 Å². The molecule has 1 fully saturated rings. The van der Waals surface area contributed by atoms with Gasteiger partial charge in [-0.15, -0.1) is 0 Å². The van der Waals surface area contributed by atoms with Gasteiger partial charge < -0.3 is 18.9 Å². The molecule has 5 heteroatoms. The molecule has 0 radical (unpaired) electrons. The summed E-state index contributed by atoms with van der Waals surface area (Å²) >= 11 is 0. The van der Waals surface area contributed by atoms with Gasteiger partial charge in [-0.1, -0.05) is 30.3 Å². The molecule has 134 valence electrons. The molecule has 0 aliphatic carbocycles. The van der Waals surface area contributed by atoms with Crippen molar-refractivity contribution in [1.29, 1.82) is 0 Å².